The predicted octanol–water partition coefficient (Wildman–Crippen LogP) is 5.48. The first-order chi connectivity index (χ1) is 15.1. The van der Waals surface area contributed by atoms with Crippen LogP contribution in [0.4, 0.5) is 24.5 Å². The summed E-state index contributed by atoms with van der Waals surface area (Å²) in [6.45, 7) is 5.71. The average molecular weight is 443 g/mol. The molecule has 5 nitrogen and oxygen atoms in total. The molecule has 1 aromatic heterocycles. The van der Waals surface area contributed by atoms with Crippen molar-refractivity contribution in [1.82, 2.24) is 4.98 Å². The number of amides is 1. The van der Waals surface area contributed by atoms with Gasteiger partial charge in [0.05, 0.1) is 11.3 Å². The fourth-order valence-corrected chi connectivity index (χ4v) is 4.54. The highest BCUT2D eigenvalue weighted by Crippen LogP contribution is 2.39. The number of alkyl halides is 3. The van der Waals surface area contributed by atoms with Crippen LogP contribution in [0, 0.1) is 6.92 Å². The second-order valence-electron chi connectivity index (χ2n) is 8.39. The third kappa shape index (κ3) is 3.85. The number of pyridine rings is 1. The molecule has 32 heavy (non-hydrogen) atoms. The van der Waals surface area contributed by atoms with Crippen molar-refractivity contribution in [1.29, 1.82) is 0 Å². The van der Waals surface area contributed by atoms with Crippen molar-refractivity contribution < 1.29 is 18.0 Å². The second-order valence-corrected chi connectivity index (χ2v) is 8.39. The van der Waals surface area contributed by atoms with E-state index >= 15 is 0 Å². The van der Waals surface area contributed by atoms with Gasteiger partial charge in [0.1, 0.15) is 5.56 Å². The van der Waals surface area contributed by atoms with Gasteiger partial charge in [-0.1, -0.05) is 12.1 Å². The Kier molecular flexibility index (Phi) is 5.48. The number of H-pyrrole nitrogens is 1. The van der Waals surface area contributed by atoms with Crippen molar-refractivity contribution >= 4 is 28.2 Å². The molecule has 2 heterocycles. The number of halogens is 3. The standard InChI is InChI=1S/C24H24F3N3O2/c1-13-5-4-6-20-21(13)22(31)17(12-28-20)23(32)29-19-10-9-16(11-18(19)24(25,26)27)30-14(2)7-8-15(30)3/h4-6,9-12,14-15H,7-8H2,1-3H3,(H,28,31)(H,29,32). The number of carbonyl (C=O) groups is 1. The van der Waals surface area contributed by atoms with Gasteiger partial charge in [0.15, 0.2) is 0 Å². The van der Waals surface area contributed by atoms with Crippen LogP contribution in [0.25, 0.3) is 10.9 Å². The van der Waals surface area contributed by atoms with E-state index in [2.05, 4.69) is 10.3 Å². The number of rotatable bonds is 3. The Hall–Kier alpha value is -3.29. The molecule has 8 heteroatoms. The van der Waals surface area contributed by atoms with Crippen LogP contribution in [0.2, 0.25) is 0 Å². The van der Waals surface area contributed by atoms with Gasteiger partial charge in [0, 0.05) is 34.9 Å². The molecule has 1 aliphatic rings. The summed E-state index contributed by atoms with van der Waals surface area (Å²) >= 11 is 0. The number of fused-ring (bicyclic) bond motifs is 1. The minimum Gasteiger partial charge on any atom is -0.366 e. The largest absolute Gasteiger partial charge is 0.418 e. The number of aromatic nitrogens is 1. The van der Waals surface area contributed by atoms with E-state index in [1.54, 1.807) is 31.2 Å². The van der Waals surface area contributed by atoms with Crippen LogP contribution in [-0.4, -0.2) is 23.0 Å². The Morgan fingerprint density at radius 2 is 1.81 bits per heavy atom. The van der Waals surface area contributed by atoms with Gasteiger partial charge >= 0.3 is 6.18 Å². The fraction of sp³-hybridized carbons (Fsp3) is 0.333. The van der Waals surface area contributed by atoms with Gasteiger partial charge in [0.2, 0.25) is 5.43 Å². The Morgan fingerprint density at radius 1 is 1.12 bits per heavy atom. The van der Waals surface area contributed by atoms with Crippen LogP contribution < -0.4 is 15.6 Å². The first-order valence-corrected chi connectivity index (χ1v) is 10.5. The third-order valence-corrected chi connectivity index (χ3v) is 6.17. The van der Waals surface area contributed by atoms with Crippen LogP contribution in [-0.2, 0) is 6.18 Å². The first-order valence-electron chi connectivity index (χ1n) is 10.5. The van der Waals surface area contributed by atoms with E-state index in [1.807, 2.05) is 18.7 Å². The van der Waals surface area contributed by atoms with Gasteiger partial charge in [-0.05, 0) is 63.4 Å². The molecule has 0 bridgehead atoms. The number of aryl methyl sites for hydroxylation is 1. The molecule has 0 aliphatic carbocycles. The normalized spacial score (nSPS) is 18.9. The molecular formula is C24H24F3N3O2. The van der Waals surface area contributed by atoms with Crippen molar-refractivity contribution in [3.63, 3.8) is 0 Å². The van der Waals surface area contributed by atoms with E-state index in [1.165, 1.54) is 12.3 Å². The molecular weight excluding hydrogens is 419 g/mol. The maximum absolute atomic E-state index is 13.9. The summed E-state index contributed by atoms with van der Waals surface area (Å²) in [6, 6.07) is 9.38. The van der Waals surface area contributed by atoms with E-state index in [0.29, 0.717) is 22.2 Å². The van der Waals surface area contributed by atoms with Gasteiger partial charge < -0.3 is 15.2 Å². The maximum atomic E-state index is 13.9. The number of hydrogen-bond donors (Lipinski definition) is 2. The van der Waals surface area contributed by atoms with Gasteiger partial charge in [-0.2, -0.15) is 13.2 Å². The first kappa shape index (κ1) is 21.9. The van der Waals surface area contributed by atoms with Crippen LogP contribution >= 0.6 is 0 Å². The Bertz CT molecular complexity index is 1240. The van der Waals surface area contributed by atoms with Crippen LogP contribution in [0.15, 0.2) is 47.4 Å². The minimum absolute atomic E-state index is 0.130. The lowest BCUT2D eigenvalue weighted by atomic mass is 10.1. The third-order valence-electron chi connectivity index (χ3n) is 6.17. The van der Waals surface area contributed by atoms with Crippen molar-refractivity contribution in [3.05, 3.63) is 69.5 Å². The van der Waals surface area contributed by atoms with Gasteiger partial charge in [-0.15, -0.1) is 0 Å². The number of nitrogens with zero attached hydrogens (tertiary/aromatic N) is 1. The zero-order valence-electron chi connectivity index (χ0n) is 18.0. The summed E-state index contributed by atoms with van der Waals surface area (Å²) in [4.78, 5) is 30.5. The van der Waals surface area contributed by atoms with Crippen molar-refractivity contribution in [2.75, 3.05) is 10.2 Å². The fourth-order valence-electron chi connectivity index (χ4n) is 4.54. The molecule has 3 aromatic rings. The molecule has 2 atom stereocenters. The summed E-state index contributed by atoms with van der Waals surface area (Å²) < 4.78 is 41.6. The van der Waals surface area contributed by atoms with E-state index in [-0.39, 0.29) is 23.3 Å². The Labute approximate surface area is 183 Å². The van der Waals surface area contributed by atoms with Crippen LogP contribution in [0.5, 0.6) is 0 Å². The molecule has 1 fully saturated rings. The lowest BCUT2D eigenvalue weighted by molar-refractivity contribution is -0.136. The highest BCUT2D eigenvalue weighted by molar-refractivity contribution is 6.06. The number of hydrogen-bond acceptors (Lipinski definition) is 3. The van der Waals surface area contributed by atoms with Gasteiger partial charge in [-0.3, -0.25) is 9.59 Å². The quantitative estimate of drug-likeness (QED) is 0.563. The second kappa shape index (κ2) is 8.00. The number of nitrogens with one attached hydrogen (secondary N) is 2. The lowest BCUT2D eigenvalue weighted by Gasteiger charge is -2.30. The van der Waals surface area contributed by atoms with Crippen molar-refractivity contribution in [2.24, 2.45) is 0 Å². The summed E-state index contributed by atoms with van der Waals surface area (Å²) in [7, 11) is 0. The van der Waals surface area contributed by atoms with Crippen molar-refractivity contribution in [3.8, 4) is 0 Å². The minimum atomic E-state index is -4.67. The molecule has 0 spiro atoms. The Balaban J connectivity index is 1.72. The Morgan fingerprint density at radius 3 is 2.47 bits per heavy atom. The number of aromatic amines is 1. The molecule has 0 radical (unpaired) electrons. The predicted molar refractivity (Wildman–Crippen MR) is 119 cm³/mol. The summed E-state index contributed by atoms with van der Waals surface area (Å²) in [6.07, 6.45) is -1.62. The molecule has 1 aliphatic heterocycles. The molecule has 1 amide bonds. The highest BCUT2D eigenvalue weighted by atomic mass is 19.4. The number of benzene rings is 2. The van der Waals surface area contributed by atoms with Gasteiger partial charge in [-0.25, -0.2) is 0 Å². The van der Waals surface area contributed by atoms with Gasteiger partial charge in [0.25, 0.3) is 5.91 Å². The summed E-state index contributed by atoms with van der Waals surface area (Å²) in [5.74, 6) is -0.891. The zero-order chi connectivity index (χ0) is 23.2. The molecule has 4 rings (SSSR count). The monoisotopic (exact) mass is 443 g/mol. The highest BCUT2D eigenvalue weighted by Gasteiger charge is 2.36. The molecule has 2 N–H and O–H groups in total. The van der Waals surface area contributed by atoms with E-state index in [4.69, 9.17) is 0 Å². The summed E-state index contributed by atoms with van der Waals surface area (Å²) in [5, 5.41) is 2.64. The maximum Gasteiger partial charge on any atom is 0.418 e. The molecule has 168 valence electrons. The summed E-state index contributed by atoms with van der Waals surface area (Å²) in [5.41, 5.74) is -0.400. The van der Waals surface area contributed by atoms with E-state index in [0.717, 1.165) is 18.9 Å². The van der Waals surface area contributed by atoms with Crippen molar-refractivity contribution in [2.45, 2.75) is 51.9 Å². The number of carbonyl (C=O) groups excluding carboxylic acids is 1. The van der Waals surface area contributed by atoms with E-state index < -0.39 is 23.1 Å². The molecule has 2 unspecified atom stereocenters. The van der Waals surface area contributed by atoms with E-state index in [9.17, 15) is 22.8 Å². The lowest BCUT2D eigenvalue weighted by Crippen LogP contribution is -2.32. The molecule has 2 aromatic carbocycles. The average Bonchev–Trinajstić information content (AvgIpc) is 3.06. The number of anilines is 2. The zero-order valence-corrected chi connectivity index (χ0v) is 18.0. The molecule has 0 saturated carbocycles. The van der Waals surface area contributed by atoms with Crippen LogP contribution in [0.3, 0.4) is 0 Å². The molecule has 1 saturated heterocycles. The SMILES string of the molecule is Cc1cccc2[nH]cc(C(=O)Nc3ccc(N4C(C)CCC4C)cc3C(F)(F)F)c(=O)c12. The smallest absolute Gasteiger partial charge is 0.366 e. The topological polar surface area (TPSA) is 65.2 Å². The van der Waals surface area contributed by atoms with Crippen LogP contribution in [0.1, 0.15) is 48.2 Å².